The molecule has 1 heterocycles. The van der Waals surface area contributed by atoms with E-state index in [-0.39, 0.29) is 5.69 Å². The zero-order valence-corrected chi connectivity index (χ0v) is 11.7. The number of hydrogen-bond donors (Lipinski definition) is 0. The molecule has 0 aliphatic carbocycles. The van der Waals surface area contributed by atoms with Gasteiger partial charge in [-0.05, 0) is 32.9 Å². The number of halogens is 2. The van der Waals surface area contributed by atoms with Gasteiger partial charge in [0.2, 0.25) is 11.8 Å². The van der Waals surface area contributed by atoms with Crippen molar-refractivity contribution in [2.45, 2.75) is 20.8 Å². The van der Waals surface area contributed by atoms with Gasteiger partial charge in [-0.1, -0.05) is 0 Å². The van der Waals surface area contributed by atoms with E-state index in [0.29, 0.717) is 25.0 Å². The Labute approximate surface area is 116 Å². The van der Waals surface area contributed by atoms with Crippen LogP contribution >= 0.6 is 0 Å². The van der Waals surface area contributed by atoms with Gasteiger partial charge in [0.15, 0.2) is 0 Å². The lowest BCUT2D eigenvalue weighted by Gasteiger charge is -2.14. The van der Waals surface area contributed by atoms with Crippen molar-refractivity contribution in [3.05, 3.63) is 41.5 Å². The predicted molar refractivity (Wildman–Crippen MR) is 72.8 cm³/mol. The van der Waals surface area contributed by atoms with Crippen LogP contribution in [-0.2, 0) is 0 Å². The summed E-state index contributed by atoms with van der Waals surface area (Å²) in [5.41, 5.74) is 1.03. The minimum absolute atomic E-state index is 0.200. The number of benzene rings is 1. The molecule has 0 saturated heterocycles. The number of hydrogen-bond acceptors (Lipinski definition) is 2. The van der Waals surface area contributed by atoms with Crippen LogP contribution in [0.15, 0.2) is 24.3 Å². The Morgan fingerprint density at radius 3 is 2.35 bits per heavy atom. The molecule has 0 radical (unpaired) electrons. The van der Waals surface area contributed by atoms with Crippen LogP contribution in [-0.4, -0.2) is 17.8 Å². The molecule has 1 aromatic carbocycles. The van der Waals surface area contributed by atoms with Gasteiger partial charge < -0.3 is 9.47 Å². The summed E-state index contributed by atoms with van der Waals surface area (Å²) in [6, 6.07) is 5.20. The van der Waals surface area contributed by atoms with E-state index in [4.69, 9.17) is 9.47 Å². The number of ether oxygens (including phenoxy) is 2. The maximum Gasteiger partial charge on any atom is 0.204 e. The summed E-state index contributed by atoms with van der Waals surface area (Å²) in [6.07, 6.45) is 0. The first-order valence-corrected chi connectivity index (χ1v) is 6.51. The van der Waals surface area contributed by atoms with Crippen LogP contribution in [0.25, 0.3) is 5.69 Å². The molecule has 2 rings (SSSR count). The molecular weight excluding hydrogens is 264 g/mol. The second-order valence-corrected chi connectivity index (χ2v) is 4.27. The lowest BCUT2D eigenvalue weighted by Crippen LogP contribution is -2.06. The van der Waals surface area contributed by atoms with E-state index in [2.05, 4.69) is 0 Å². The molecular formula is C15H17F2NO2. The quantitative estimate of drug-likeness (QED) is 0.830. The monoisotopic (exact) mass is 281 g/mol. The number of aromatic nitrogens is 1. The molecule has 20 heavy (non-hydrogen) atoms. The van der Waals surface area contributed by atoms with Crippen LogP contribution in [0.2, 0.25) is 0 Å². The van der Waals surface area contributed by atoms with Crippen molar-refractivity contribution in [3.63, 3.8) is 0 Å². The fraction of sp³-hybridized carbons (Fsp3) is 0.333. The Morgan fingerprint density at radius 1 is 1.05 bits per heavy atom. The third-order valence-electron chi connectivity index (χ3n) is 2.82. The summed E-state index contributed by atoms with van der Waals surface area (Å²) < 4.78 is 39.7. The SMILES string of the molecule is CCOc1cc(C)c(OCC)n1-c1ccc(F)cc1F. The Bertz CT molecular complexity index is 608. The van der Waals surface area contributed by atoms with Gasteiger partial charge in [-0.15, -0.1) is 0 Å². The molecule has 0 fully saturated rings. The van der Waals surface area contributed by atoms with E-state index in [1.165, 1.54) is 16.7 Å². The molecule has 108 valence electrons. The van der Waals surface area contributed by atoms with E-state index in [9.17, 15) is 8.78 Å². The molecule has 0 atom stereocenters. The van der Waals surface area contributed by atoms with Gasteiger partial charge in [0.1, 0.15) is 11.6 Å². The first-order chi connectivity index (χ1) is 9.58. The Balaban J connectivity index is 2.62. The zero-order chi connectivity index (χ0) is 14.7. The first kappa shape index (κ1) is 14.4. The maximum atomic E-state index is 14.0. The van der Waals surface area contributed by atoms with Crippen LogP contribution in [0.4, 0.5) is 8.78 Å². The number of nitrogens with zero attached hydrogens (tertiary/aromatic N) is 1. The lowest BCUT2D eigenvalue weighted by atomic mass is 10.3. The minimum Gasteiger partial charge on any atom is -0.479 e. The molecule has 0 unspecified atom stereocenters. The van der Waals surface area contributed by atoms with Crippen molar-refractivity contribution < 1.29 is 18.3 Å². The summed E-state index contributed by atoms with van der Waals surface area (Å²) in [5.74, 6) is -0.311. The van der Waals surface area contributed by atoms with Gasteiger partial charge in [-0.3, -0.25) is 0 Å². The van der Waals surface area contributed by atoms with Gasteiger partial charge >= 0.3 is 0 Å². The summed E-state index contributed by atoms with van der Waals surface area (Å²) in [4.78, 5) is 0. The van der Waals surface area contributed by atoms with Crippen molar-refractivity contribution in [2.75, 3.05) is 13.2 Å². The molecule has 0 bridgehead atoms. The minimum atomic E-state index is -0.664. The molecule has 0 aliphatic rings. The highest BCUT2D eigenvalue weighted by Gasteiger charge is 2.19. The lowest BCUT2D eigenvalue weighted by molar-refractivity contribution is 0.291. The molecule has 0 saturated carbocycles. The fourth-order valence-electron chi connectivity index (χ4n) is 2.05. The van der Waals surface area contributed by atoms with Crippen molar-refractivity contribution in [1.29, 1.82) is 0 Å². The summed E-state index contributed by atoms with van der Waals surface area (Å²) in [6.45, 7) is 6.43. The normalized spacial score (nSPS) is 10.7. The predicted octanol–water partition coefficient (Wildman–Crippen LogP) is 3.86. The summed E-state index contributed by atoms with van der Waals surface area (Å²) in [7, 11) is 0. The van der Waals surface area contributed by atoms with Crippen LogP contribution in [0.3, 0.4) is 0 Å². The van der Waals surface area contributed by atoms with E-state index >= 15 is 0 Å². The van der Waals surface area contributed by atoms with Gasteiger partial charge in [0, 0.05) is 17.7 Å². The standard InChI is InChI=1S/C15H17F2NO2/c1-4-19-14-8-10(3)15(20-5-2)18(14)13-7-6-11(16)9-12(13)17/h6-9H,4-5H2,1-3H3. The van der Waals surface area contributed by atoms with Crippen LogP contribution in [0.5, 0.6) is 11.8 Å². The molecule has 0 N–H and O–H groups in total. The maximum absolute atomic E-state index is 14.0. The van der Waals surface area contributed by atoms with Crippen molar-refractivity contribution in [2.24, 2.45) is 0 Å². The van der Waals surface area contributed by atoms with Crippen LogP contribution in [0, 0.1) is 18.6 Å². The van der Waals surface area contributed by atoms with E-state index in [0.717, 1.165) is 11.6 Å². The highest BCUT2D eigenvalue weighted by Crippen LogP contribution is 2.34. The van der Waals surface area contributed by atoms with Gasteiger partial charge in [-0.25, -0.2) is 13.3 Å². The average molecular weight is 281 g/mol. The van der Waals surface area contributed by atoms with E-state index in [1.807, 2.05) is 20.8 Å². The van der Waals surface area contributed by atoms with Crippen molar-refractivity contribution in [3.8, 4) is 17.4 Å². The molecule has 1 aromatic heterocycles. The second-order valence-electron chi connectivity index (χ2n) is 4.27. The highest BCUT2D eigenvalue weighted by molar-refractivity contribution is 5.48. The van der Waals surface area contributed by atoms with Crippen molar-refractivity contribution in [1.82, 2.24) is 4.57 Å². The topological polar surface area (TPSA) is 23.4 Å². The molecule has 3 nitrogen and oxygen atoms in total. The van der Waals surface area contributed by atoms with Gasteiger partial charge in [-0.2, -0.15) is 0 Å². The molecule has 2 aromatic rings. The highest BCUT2D eigenvalue weighted by atomic mass is 19.1. The zero-order valence-electron chi connectivity index (χ0n) is 11.7. The third-order valence-corrected chi connectivity index (χ3v) is 2.82. The molecule has 5 heteroatoms. The van der Waals surface area contributed by atoms with E-state index in [1.54, 1.807) is 6.07 Å². The second kappa shape index (κ2) is 5.94. The largest absolute Gasteiger partial charge is 0.479 e. The number of aryl methyl sites for hydroxylation is 1. The molecule has 0 spiro atoms. The molecule has 0 amide bonds. The van der Waals surface area contributed by atoms with Gasteiger partial charge in [0.05, 0.1) is 18.9 Å². The average Bonchev–Trinajstić information content (AvgIpc) is 2.68. The van der Waals surface area contributed by atoms with Crippen molar-refractivity contribution >= 4 is 0 Å². The fourth-order valence-corrected chi connectivity index (χ4v) is 2.05. The van der Waals surface area contributed by atoms with Gasteiger partial charge in [0.25, 0.3) is 0 Å². The summed E-state index contributed by atoms with van der Waals surface area (Å²) in [5, 5.41) is 0. The van der Waals surface area contributed by atoms with Crippen LogP contribution < -0.4 is 9.47 Å². The summed E-state index contributed by atoms with van der Waals surface area (Å²) >= 11 is 0. The number of rotatable bonds is 5. The Morgan fingerprint density at radius 2 is 1.75 bits per heavy atom. The third kappa shape index (κ3) is 2.61. The van der Waals surface area contributed by atoms with E-state index < -0.39 is 11.6 Å². The first-order valence-electron chi connectivity index (χ1n) is 6.51. The van der Waals surface area contributed by atoms with Crippen LogP contribution in [0.1, 0.15) is 19.4 Å². The Hall–Kier alpha value is -2.04. The smallest absolute Gasteiger partial charge is 0.204 e. The Kier molecular flexibility index (Phi) is 4.27. The molecule has 0 aliphatic heterocycles.